The average Bonchev–Trinajstić information content (AvgIpc) is 2.63. The number of hydrogen-bond donors (Lipinski definition) is 1. The van der Waals surface area contributed by atoms with E-state index in [0.29, 0.717) is 6.54 Å². The van der Waals surface area contributed by atoms with Gasteiger partial charge in [0.2, 0.25) is 5.91 Å². The maximum atomic E-state index is 11.7. The molecular weight excluding hydrogens is 233 g/mol. The van der Waals surface area contributed by atoms with Gasteiger partial charge in [-0.05, 0) is 17.4 Å². The molecule has 2 atom stereocenters. The van der Waals surface area contributed by atoms with Gasteiger partial charge in [0.05, 0.1) is 5.92 Å². The van der Waals surface area contributed by atoms with Crippen molar-refractivity contribution in [3.8, 4) is 0 Å². The Labute approximate surface area is 100 Å². The fraction of sp³-hybridized carbons (Fsp3) is 0.545. The van der Waals surface area contributed by atoms with Crippen LogP contribution in [-0.4, -0.2) is 12.5 Å². The van der Waals surface area contributed by atoms with Crippen LogP contribution in [0.3, 0.4) is 0 Å². The molecule has 2 nitrogen and oxygen atoms in total. The zero-order chi connectivity index (χ0) is 11.6. The van der Waals surface area contributed by atoms with Gasteiger partial charge in [-0.15, -0.1) is 6.58 Å². The molecule has 0 saturated heterocycles. The fourth-order valence-electron chi connectivity index (χ4n) is 1.91. The lowest BCUT2D eigenvalue weighted by molar-refractivity contribution is -0.122. The van der Waals surface area contributed by atoms with E-state index >= 15 is 0 Å². The molecule has 1 aliphatic rings. The van der Waals surface area contributed by atoms with Crippen molar-refractivity contribution >= 4 is 29.1 Å². The Morgan fingerprint density at radius 2 is 2.13 bits per heavy atom. The molecule has 0 spiro atoms. The summed E-state index contributed by atoms with van der Waals surface area (Å²) in [6.45, 7) is 8.11. The number of nitrogens with one attached hydrogen (secondary N) is 1. The van der Waals surface area contributed by atoms with Crippen LogP contribution in [0.25, 0.3) is 0 Å². The predicted molar refractivity (Wildman–Crippen MR) is 63.8 cm³/mol. The van der Waals surface area contributed by atoms with E-state index in [9.17, 15) is 4.79 Å². The zero-order valence-corrected chi connectivity index (χ0v) is 10.4. The largest absolute Gasteiger partial charge is 0.352 e. The molecule has 1 fully saturated rings. The second-order valence-corrected chi connectivity index (χ2v) is 5.32. The van der Waals surface area contributed by atoms with E-state index in [-0.39, 0.29) is 27.6 Å². The summed E-state index contributed by atoms with van der Waals surface area (Å²) in [5, 5.41) is 2.78. The van der Waals surface area contributed by atoms with Crippen molar-refractivity contribution < 1.29 is 4.79 Å². The van der Waals surface area contributed by atoms with Crippen molar-refractivity contribution in [2.75, 3.05) is 6.54 Å². The molecule has 0 aromatic heterocycles. The topological polar surface area (TPSA) is 29.1 Å². The van der Waals surface area contributed by atoms with Crippen LogP contribution in [0.15, 0.2) is 23.2 Å². The van der Waals surface area contributed by atoms with E-state index in [1.54, 1.807) is 12.2 Å². The highest BCUT2D eigenvalue weighted by atomic mass is 35.5. The Bertz CT molecular complexity index is 306. The highest BCUT2D eigenvalue weighted by Gasteiger charge is 2.60. The van der Waals surface area contributed by atoms with Crippen molar-refractivity contribution in [3.63, 3.8) is 0 Å². The van der Waals surface area contributed by atoms with Gasteiger partial charge in [0.15, 0.2) is 0 Å². The van der Waals surface area contributed by atoms with E-state index in [1.807, 2.05) is 13.8 Å². The number of carbonyl (C=O) groups excluding carboxylic acids is 1. The Morgan fingerprint density at radius 1 is 1.53 bits per heavy atom. The number of carbonyl (C=O) groups is 1. The Morgan fingerprint density at radius 3 is 2.60 bits per heavy atom. The number of allylic oxidation sites excluding steroid dienone is 1. The van der Waals surface area contributed by atoms with Crippen LogP contribution < -0.4 is 5.32 Å². The first-order valence-corrected chi connectivity index (χ1v) is 5.58. The Hall–Kier alpha value is -0.470. The van der Waals surface area contributed by atoms with E-state index in [4.69, 9.17) is 23.2 Å². The number of amides is 1. The van der Waals surface area contributed by atoms with Crippen molar-refractivity contribution in [1.29, 1.82) is 0 Å². The summed E-state index contributed by atoms with van der Waals surface area (Å²) in [6.07, 6.45) is 3.40. The number of halogens is 2. The Balaban J connectivity index is 2.61. The molecule has 1 rings (SSSR count). The van der Waals surface area contributed by atoms with Gasteiger partial charge >= 0.3 is 0 Å². The molecule has 0 aromatic carbocycles. The van der Waals surface area contributed by atoms with Gasteiger partial charge in [-0.25, -0.2) is 0 Å². The lowest BCUT2D eigenvalue weighted by Gasteiger charge is -2.02. The molecule has 0 bridgehead atoms. The maximum absolute atomic E-state index is 11.7. The molecule has 4 heteroatoms. The molecule has 84 valence electrons. The molecule has 0 unspecified atom stereocenters. The van der Waals surface area contributed by atoms with E-state index in [2.05, 4.69) is 11.9 Å². The third-order valence-corrected chi connectivity index (χ3v) is 3.17. The molecule has 0 aliphatic heterocycles. The van der Waals surface area contributed by atoms with Gasteiger partial charge in [-0.2, -0.15) is 0 Å². The first-order chi connectivity index (χ1) is 6.91. The predicted octanol–water partition coefficient (Wildman–Crippen LogP) is 2.88. The van der Waals surface area contributed by atoms with Gasteiger partial charge in [0.1, 0.15) is 4.49 Å². The summed E-state index contributed by atoms with van der Waals surface area (Å²) in [5.41, 5.74) is -0.0553. The summed E-state index contributed by atoms with van der Waals surface area (Å²) in [7, 11) is 0. The second kappa shape index (κ2) is 4.58. The van der Waals surface area contributed by atoms with Gasteiger partial charge in [0.25, 0.3) is 0 Å². The maximum Gasteiger partial charge on any atom is 0.224 e. The summed E-state index contributed by atoms with van der Waals surface area (Å²) in [6, 6.07) is 0. The molecule has 1 saturated carbocycles. The van der Waals surface area contributed by atoms with Crippen molar-refractivity contribution in [3.05, 3.63) is 23.2 Å². The summed E-state index contributed by atoms with van der Waals surface area (Å²) < 4.78 is 0.229. The quantitative estimate of drug-likeness (QED) is 0.761. The lowest BCUT2D eigenvalue weighted by Crippen LogP contribution is -2.26. The first-order valence-electron chi connectivity index (χ1n) is 4.82. The summed E-state index contributed by atoms with van der Waals surface area (Å²) in [4.78, 5) is 11.7. The van der Waals surface area contributed by atoms with Crippen LogP contribution >= 0.6 is 23.2 Å². The van der Waals surface area contributed by atoms with Crippen LogP contribution in [-0.2, 0) is 4.79 Å². The standard InChI is InChI=1S/C11H15Cl2NO/c1-4-5-14-10(15)9-7(6-8(12)13)11(9,2)3/h4,6-7,9H,1,5H2,2-3H3,(H,14,15)/t7-,9-/m1/s1. The van der Waals surface area contributed by atoms with Crippen molar-refractivity contribution in [2.24, 2.45) is 17.3 Å². The molecular formula is C11H15Cl2NO. The van der Waals surface area contributed by atoms with Crippen LogP contribution in [0.5, 0.6) is 0 Å². The highest BCUT2D eigenvalue weighted by molar-refractivity contribution is 6.55. The molecule has 0 radical (unpaired) electrons. The summed E-state index contributed by atoms with van der Waals surface area (Å²) >= 11 is 11.2. The molecule has 1 aliphatic carbocycles. The monoisotopic (exact) mass is 247 g/mol. The summed E-state index contributed by atoms with van der Waals surface area (Å²) in [5.74, 6) is 0.132. The van der Waals surface area contributed by atoms with Gasteiger partial charge in [0, 0.05) is 6.54 Å². The Kier molecular flexibility index (Phi) is 3.85. The van der Waals surface area contributed by atoms with Crippen molar-refractivity contribution in [2.45, 2.75) is 13.8 Å². The van der Waals surface area contributed by atoms with Crippen LogP contribution in [0.4, 0.5) is 0 Å². The third-order valence-electron chi connectivity index (χ3n) is 2.92. The van der Waals surface area contributed by atoms with Crippen molar-refractivity contribution in [1.82, 2.24) is 5.32 Å². The smallest absolute Gasteiger partial charge is 0.224 e. The highest BCUT2D eigenvalue weighted by Crippen LogP contribution is 2.59. The fourth-order valence-corrected chi connectivity index (χ4v) is 2.18. The van der Waals surface area contributed by atoms with E-state index in [0.717, 1.165) is 0 Å². The SMILES string of the molecule is C=CCNC(=O)[C@H]1[C@@H](C=C(Cl)Cl)C1(C)C. The van der Waals surface area contributed by atoms with E-state index in [1.165, 1.54) is 0 Å². The first kappa shape index (κ1) is 12.6. The van der Waals surface area contributed by atoms with E-state index < -0.39 is 0 Å². The van der Waals surface area contributed by atoms with Crippen LogP contribution in [0.1, 0.15) is 13.8 Å². The van der Waals surface area contributed by atoms with Gasteiger partial charge < -0.3 is 5.32 Å². The normalized spacial score (nSPS) is 26.7. The molecule has 0 heterocycles. The minimum Gasteiger partial charge on any atom is -0.352 e. The lowest BCUT2D eigenvalue weighted by atomic mass is 10.1. The third kappa shape index (κ3) is 2.76. The molecule has 0 aromatic rings. The van der Waals surface area contributed by atoms with Gasteiger partial charge in [-0.1, -0.05) is 43.1 Å². The van der Waals surface area contributed by atoms with Gasteiger partial charge in [-0.3, -0.25) is 4.79 Å². The average molecular weight is 248 g/mol. The zero-order valence-electron chi connectivity index (χ0n) is 8.89. The minimum atomic E-state index is -0.0553. The number of rotatable bonds is 4. The van der Waals surface area contributed by atoms with Crippen LogP contribution in [0, 0.1) is 17.3 Å². The minimum absolute atomic E-state index is 0.0371. The molecule has 1 amide bonds. The second-order valence-electron chi connectivity index (χ2n) is 4.31. The molecule has 15 heavy (non-hydrogen) atoms. The molecule has 1 N–H and O–H groups in total. The van der Waals surface area contributed by atoms with Crippen LogP contribution in [0.2, 0.25) is 0 Å². The number of hydrogen-bond acceptors (Lipinski definition) is 1.